The molecule has 108 valence electrons. The van der Waals surface area contributed by atoms with E-state index in [4.69, 9.17) is 10.8 Å². The van der Waals surface area contributed by atoms with E-state index in [0.717, 1.165) is 17.6 Å². The topological polar surface area (TPSA) is 97.5 Å². The first-order valence-corrected chi connectivity index (χ1v) is 8.47. The average molecular weight is 305 g/mol. The van der Waals surface area contributed by atoms with Crippen LogP contribution in [-0.4, -0.2) is 25.7 Å². The molecule has 0 saturated carbocycles. The molecule has 5 nitrogen and oxygen atoms in total. The Balaban J connectivity index is 3.70. The summed E-state index contributed by atoms with van der Waals surface area (Å²) in [7, 11) is -3.38. The second-order valence-electron chi connectivity index (χ2n) is 5.33. The van der Waals surface area contributed by atoms with Crippen molar-refractivity contribution in [3.8, 4) is 0 Å². The fourth-order valence-electron chi connectivity index (χ4n) is 1.80. The Morgan fingerprint density at radius 1 is 1.37 bits per heavy atom. The summed E-state index contributed by atoms with van der Waals surface area (Å²) >= 11 is 0.953. The van der Waals surface area contributed by atoms with Crippen LogP contribution >= 0.6 is 11.3 Å². The van der Waals surface area contributed by atoms with Crippen LogP contribution < -0.4 is 5.73 Å². The van der Waals surface area contributed by atoms with E-state index in [1.54, 1.807) is 13.8 Å². The van der Waals surface area contributed by atoms with Crippen molar-refractivity contribution < 1.29 is 18.3 Å². The molecular weight excluding hydrogens is 286 g/mol. The normalized spacial score (nSPS) is 12.9. The number of sulfone groups is 1. The molecule has 7 heteroatoms. The van der Waals surface area contributed by atoms with Gasteiger partial charge in [-0.25, -0.2) is 13.2 Å². The molecule has 19 heavy (non-hydrogen) atoms. The van der Waals surface area contributed by atoms with E-state index in [-0.39, 0.29) is 16.5 Å². The Labute approximate surface area is 117 Å². The lowest BCUT2D eigenvalue weighted by Gasteiger charge is -2.24. The van der Waals surface area contributed by atoms with Crippen molar-refractivity contribution in [2.75, 3.05) is 12.0 Å². The molecule has 0 saturated heterocycles. The van der Waals surface area contributed by atoms with Crippen molar-refractivity contribution in [1.29, 1.82) is 0 Å². The monoisotopic (exact) mass is 305 g/mol. The van der Waals surface area contributed by atoms with Crippen LogP contribution in [0.5, 0.6) is 0 Å². The molecule has 0 aliphatic heterocycles. The second kappa shape index (κ2) is 4.79. The Morgan fingerprint density at radius 3 is 2.16 bits per heavy atom. The Kier molecular flexibility index (Phi) is 4.03. The Bertz CT molecular complexity index is 612. The summed E-state index contributed by atoms with van der Waals surface area (Å²) < 4.78 is 22.7. The zero-order valence-electron chi connectivity index (χ0n) is 11.6. The summed E-state index contributed by atoms with van der Waals surface area (Å²) in [6.45, 7) is 6.88. The van der Waals surface area contributed by atoms with Gasteiger partial charge in [-0.3, -0.25) is 0 Å². The van der Waals surface area contributed by atoms with Gasteiger partial charge in [0.15, 0.2) is 9.84 Å². The van der Waals surface area contributed by atoms with Gasteiger partial charge >= 0.3 is 5.97 Å². The minimum atomic E-state index is -3.38. The summed E-state index contributed by atoms with van der Waals surface area (Å²) in [4.78, 5) is 11.7. The van der Waals surface area contributed by atoms with Gasteiger partial charge in [-0.2, -0.15) is 0 Å². The lowest BCUT2D eigenvalue weighted by atomic mass is 9.96. The van der Waals surface area contributed by atoms with Crippen molar-refractivity contribution in [2.24, 2.45) is 0 Å². The Morgan fingerprint density at radius 2 is 1.84 bits per heavy atom. The quantitative estimate of drug-likeness (QED) is 0.890. The molecule has 3 N–H and O–H groups in total. The van der Waals surface area contributed by atoms with Crippen molar-refractivity contribution >= 4 is 32.8 Å². The molecule has 1 aromatic rings. The standard InChI is InChI=1S/C12H19NO4S2/c1-6(2)7-8(13)9(11(14)15)18-10(7)12(3,4)19(5,16)17/h6H,13H2,1-5H3,(H,14,15). The average Bonchev–Trinajstić information content (AvgIpc) is 2.54. The predicted molar refractivity (Wildman–Crippen MR) is 77.6 cm³/mol. The highest BCUT2D eigenvalue weighted by Gasteiger charge is 2.39. The van der Waals surface area contributed by atoms with Gasteiger partial charge in [0, 0.05) is 11.1 Å². The zero-order chi connectivity index (χ0) is 15.2. The third kappa shape index (κ3) is 2.62. The summed E-state index contributed by atoms with van der Waals surface area (Å²) in [5.74, 6) is -1.17. The molecule has 0 spiro atoms. The summed E-state index contributed by atoms with van der Waals surface area (Å²) in [5.41, 5.74) is 6.68. The highest BCUT2D eigenvalue weighted by molar-refractivity contribution is 7.91. The van der Waals surface area contributed by atoms with Gasteiger partial charge in [0.2, 0.25) is 0 Å². The number of thiophene rings is 1. The Hall–Kier alpha value is -1.08. The van der Waals surface area contributed by atoms with Crippen LogP contribution in [0.2, 0.25) is 0 Å². The first-order chi connectivity index (χ1) is 8.41. The molecule has 0 aliphatic carbocycles. The number of carboxylic acid groups (broad SMARTS) is 1. The van der Waals surface area contributed by atoms with E-state index in [0.29, 0.717) is 10.4 Å². The zero-order valence-corrected chi connectivity index (χ0v) is 13.3. The van der Waals surface area contributed by atoms with E-state index in [1.165, 1.54) is 0 Å². The number of rotatable bonds is 4. The van der Waals surface area contributed by atoms with Crippen LogP contribution in [0.1, 0.15) is 53.7 Å². The molecule has 0 fully saturated rings. The van der Waals surface area contributed by atoms with Crippen LogP contribution in [-0.2, 0) is 14.6 Å². The number of nitrogens with two attached hydrogens (primary N) is 1. The van der Waals surface area contributed by atoms with Gasteiger partial charge < -0.3 is 10.8 Å². The van der Waals surface area contributed by atoms with E-state index < -0.39 is 20.6 Å². The lowest BCUT2D eigenvalue weighted by molar-refractivity contribution is 0.0703. The number of anilines is 1. The SMILES string of the molecule is CC(C)c1c(C(C)(C)S(C)(=O)=O)sc(C(=O)O)c1N. The number of aromatic carboxylic acids is 1. The van der Waals surface area contributed by atoms with Crippen LogP contribution in [0.25, 0.3) is 0 Å². The molecule has 1 aromatic heterocycles. The van der Waals surface area contributed by atoms with Gasteiger partial charge in [-0.05, 0) is 25.3 Å². The molecule has 0 bridgehead atoms. The molecule has 1 rings (SSSR count). The van der Waals surface area contributed by atoms with E-state index >= 15 is 0 Å². The smallest absolute Gasteiger partial charge is 0.348 e. The lowest BCUT2D eigenvalue weighted by Crippen LogP contribution is -2.28. The first kappa shape index (κ1) is 16.0. The highest BCUT2D eigenvalue weighted by Crippen LogP contribution is 2.44. The van der Waals surface area contributed by atoms with Crippen molar-refractivity contribution in [1.82, 2.24) is 0 Å². The molecule has 1 heterocycles. The second-order valence-corrected chi connectivity index (χ2v) is 8.92. The van der Waals surface area contributed by atoms with Crippen LogP contribution in [0.4, 0.5) is 5.69 Å². The summed E-state index contributed by atoms with van der Waals surface area (Å²) in [6.07, 6.45) is 1.15. The number of hydrogen-bond acceptors (Lipinski definition) is 5. The number of nitrogen functional groups attached to an aromatic ring is 1. The molecule has 0 amide bonds. The summed E-state index contributed by atoms with van der Waals surface area (Å²) in [5, 5.41) is 9.13. The minimum absolute atomic E-state index is 0.00965. The van der Waals surface area contributed by atoms with Gasteiger partial charge in [-0.15, -0.1) is 11.3 Å². The fourth-order valence-corrected chi connectivity index (χ4v) is 4.04. The third-order valence-electron chi connectivity index (χ3n) is 3.23. The summed E-state index contributed by atoms with van der Waals surface area (Å²) in [6, 6.07) is 0. The van der Waals surface area contributed by atoms with Crippen LogP contribution in [0.3, 0.4) is 0 Å². The molecule has 0 radical (unpaired) electrons. The maximum atomic E-state index is 11.9. The van der Waals surface area contributed by atoms with Gasteiger partial charge in [0.05, 0.1) is 5.69 Å². The number of carbonyl (C=O) groups is 1. The predicted octanol–water partition coefficient (Wildman–Crippen LogP) is 2.43. The van der Waals surface area contributed by atoms with Crippen LogP contribution in [0, 0.1) is 0 Å². The van der Waals surface area contributed by atoms with Crippen molar-refractivity contribution in [2.45, 2.75) is 38.4 Å². The molecule has 0 unspecified atom stereocenters. The maximum absolute atomic E-state index is 11.9. The van der Waals surface area contributed by atoms with Crippen molar-refractivity contribution in [3.63, 3.8) is 0 Å². The molecular formula is C12H19NO4S2. The largest absolute Gasteiger partial charge is 0.477 e. The number of carboxylic acids is 1. The van der Waals surface area contributed by atoms with E-state index in [2.05, 4.69) is 0 Å². The third-order valence-corrected chi connectivity index (χ3v) is 6.95. The van der Waals surface area contributed by atoms with E-state index in [1.807, 2.05) is 13.8 Å². The highest BCUT2D eigenvalue weighted by atomic mass is 32.2. The molecule has 0 aliphatic rings. The van der Waals surface area contributed by atoms with E-state index in [9.17, 15) is 13.2 Å². The minimum Gasteiger partial charge on any atom is -0.477 e. The van der Waals surface area contributed by atoms with Gasteiger partial charge in [0.1, 0.15) is 9.62 Å². The van der Waals surface area contributed by atoms with Gasteiger partial charge in [0.25, 0.3) is 0 Å². The number of hydrogen-bond donors (Lipinski definition) is 2. The van der Waals surface area contributed by atoms with Crippen molar-refractivity contribution in [3.05, 3.63) is 15.3 Å². The molecule has 0 atom stereocenters. The maximum Gasteiger partial charge on any atom is 0.348 e. The first-order valence-electron chi connectivity index (χ1n) is 5.76. The molecule has 0 aromatic carbocycles. The fraction of sp³-hybridized carbons (Fsp3) is 0.583. The van der Waals surface area contributed by atoms with Crippen LogP contribution in [0.15, 0.2) is 0 Å². The van der Waals surface area contributed by atoms with Gasteiger partial charge in [-0.1, -0.05) is 13.8 Å².